The van der Waals surface area contributed by atoms with Gasteiger partial charge in [-0.2, -0.15) is 13.2 Å². The molecule has 2 aliphatic carbocycles. The molecule has 0 saturated heterocycles. The lowest BCUT2D eigenvalue weighted by Gasteiger charge is -2.31. The number of nitrogens with one attached hydrogen (secondary N) is 1. The summed E-state index contributed by atoms with van der Waals surface area (Å²) in [7, 11) is 1.44. The van der Waals surface area contributed by atoms with E-state index in [1.165, 1.54) is 19.2 Å². The van der Waals surface area contributed by atoms with Crippen LogP contribution in [0.3, 0.4) is 0 Å². The van der Waals surface area contributed by atoms with Gasteiger partial charge in [-0.15, -0.1) is 0 Å². The number of nitrogens with two attached hydrogens (primary N) is 1. The Balaban J connectivity index is 1.36. The van der Waals surface area contributed by atoms with Gasteiger partial charge in [-0.25, -0.2) is 13.8 Å². The number of aliphatic hydroxyl groups is 1. The van der Waals surface area contributed by atoms with E-state index < -0.39 is 59.5 Å². The van der Waals surface area contributed by atoms with Gasteiger partial charge in [0.05, 0.1) is 25.5 Å². The summed E-state index contributed by atoms with van der Waals surface area (Å²) < 4.78 is 87.0. The Morgan fingerprint density at radius 3 is 2.47 bits per heavy atom. The molecule has 0 radical (unpaired) electrons. The summed E-state index contributed by atoms with van der Waals surface area (Å²) in [5.74, 6) is -2.97. The SMILES string of the molecule is COc1cc(C(=O)NCC(O)(c2cc3c(c(-c4ccc(F)c(F)c4)n2)OC[C@@]3(N)C(F)(F)F)C2CC2)ccc1OC1CC1. The molecule has 228 valence electrons. The number of ether oxygens (including phenoxy) is 3. The molecule has 4 N–H and O–H groups in total. The Labute approximate surface area is 243 Å². The van der Waals surface area contributed by atoms with Crippen molar-refractivity contribution < 1.29 is 46.1 Å². The smallest absolute Gasteiger partial charge is 0.414 e. The molecule has 1 aliphatic heterocycles. The third-order valence-electron chi connectivity index (χ3n) is 8.06. The molecule has 43 heavy (non-hydrogen) atoms. The maximum atomic E-state index is 14.2. The average molecular weight is 606 g/mol. The highest BCUT2D eigenvalue weighted by Gasteiger charge is 2.59. The monoisotopic (exact) mass is 605 g/mol. The molecule has 3 aliphatic rings. The Morgan fingerprint density at radius 1 is 1.09 bits per heavy atom. The predicted octanol–water partition coefficient (Wildman–Crippen LogP) is 4.71. The third-order valence-corrected chi connectivity index (χ3v) is 8.06. The van der Waals surface area contributed by atoms with Gasteiger partial charge < -0.3 is 30.4 Å². The van der Waals surface area contributed by atoms with E-state index in [0.29, 0.717) is 24.3 Å². The molecule has 6 rings (SSSR count). The minimum atomic E-state index is -4.96. The van der Waals surface area contributed by atoms with Crippen molar-refractivity contribution in [2.45, 2.75) is 49.1 Å². The van der Waals surface area contributed by atoms with Crippen molar-refractivity contribution in [3.05, 3.63) is 70.9 Å². The molecule has 1 aromatic heterocycles. The second kappa shape index (κ2) is 10.3. The molecule has 2 atom stereocenters. The van der Waals surface area contributed by atoms with E-state index in [2.05, 4.69) is 10.3 Å². The van der Waals surface area contributed by atoms with Gasteiger partial charge >= 0.3 is 6.18 Å². The van der Waals surface area contributed by atoms with E-state index in [-0.39, 0.29) is 34.4 Å². The van der Waals surface area contributed by atoms with E-state index in [1.54, 1.807) is 6.07 Å². The summed E-state index contributed by atoms with van der Waals surface area (Å²) >= 11 is 0. The summed E-state index contributed by atoms with van der Waals surface area (Å²) in [6, 6.07) is 8.37. The number of alkyl halides is 3. The molecule has 8 nitrogen and oxygen atoms in total. The van der Waals surface area contributed by atoms with Crippen molar-refractivity contribution in [1.29, 1.82) is 0 Å². The van der Waals surface area contributed by atoms with Crippen LogP contribution in [0.5, 0.6) is 17.2 Å². The standard InChI is InChI=1S/C30H28F5N3O5/c1-41-23-11-16(3-9-22(23)43-18-6-7-18)27(39)37-13-28(40,17-4-5-17)24-12-19-26(42-14-29(19,36)30(33,34)35)25(38-24)15-2-8-20(31)21(32)10-15/h2-3,8-12,17-18,40H,4-7,13-14,36H2,1H3,(H,37,39)/t28?,29-/m0/s1. The first-order chi connectivity index (χ1) is 20.3. The fourth-order valence-corrected chi connectivity index (χ4v) is 5.16. The summed E-state index contributed by atoms with van der Waals surface area (Å²) in [5.41, 5.74) is 0.111. The lowest BCUT2D eigenvalue weighted by molar-refractivity contribution is -0.191. The van der Waals surface area contributed by atoms with Gasteiger partial charge in [0.15, 0.2) is 34.4 Å². The van der Waals surface area contributed by atoms with Crippen molar-refractivity contribution >= 4 is 5.91 Å². The van der Waals surface area contributed by atoms with Gasteiger partial charge in [0.2, 0.25) is 0 Å². The molecule has 2 saturated carbocycles. The maximum absolute atomic E-state index is 14.2. The minimum Gasteiger partial charge on any atom is -0.493 e. The number of pyridine rings is 1. The van der Waals surface area contributed by atoms with E-state index in [9.17, 15) is 31.9 Å². The molecule has 0 bridgehead atoms. The number of nitrogens with zero attached hydrogens (tertiary/aromatic N) is 1. The third kappa shape index (κ3) is 5.24. The van der Waals surface area contributed by atoms with Crippen molar-refractivity contribution in [1.82, 2.24) is 10.3 Å². The highest BCUT2D eigenvalue weighted by Crippen LogP contribution is 2.52. The fraction of sp³-hybridized carbons (Fsp3) is 0.400. The Morgan fingerprint density at radius 2 is 1.84 bits per heavy atom. The number of benzene rings is 2. The van der Waals surface area contributed by atoms with E-state index in [4.69, 9.17) is 19.9 Å². The zero-order valence-corrected chi connectivity index (χ0v) is 22.9. The van der Waals surface area contributed by atoms with Crippen LogP contribution in [0, 0.1) is 17.6 Å². The summed E-state index contributed by atoms with van der Waals surface area (Å²) in [4.78, 5) is 17.6. The maximum Gasteiger partial charge on any atom is 0.414 e. The van der Waals surface area contributed by atoms with Gasteiger partial charge in [-0.05, 0) is 74.1 Å². The zero-order valence-electron chi connectivity index (χ0n) is 22.9. The van der Waals surface area contributed by atoms with E-state index >= 15 is 0 Å². The molecule has 3 aromatic rings. The number of carbonyl (C=O) groups is 1. The molecular weight excluding hydrogens is 577 g/mol. The number of carbonyl (C=O) groups excluding carboxylic acids is 1. The Hall–Kier alpha value is -3.97. The first kappa shape index (κ1) is 29.1. The molecule has 2 aromatic carbocycles. The molecule has 1 amide bonds. The first-order valence-electron chi connectivity index (χ1n) is 13.7. The van der Waals surface area contributed by atoms with Crippen molar-refractivity contribution in [2.24, 2.45) is 11.7 Å². The summed E-state index contributed by atoms with van der Waals surface area (Å²) in [5, 5.41) is 14.6. The van der Waals surface area contributed by atoms with Crippen molar-refractivity contribution in [3.8, 4) is 28.5 Å². The number of rotatable bonds is 9. The predicted molar refractivity (Wildman–Crippen MR) is 143 cm³/mol. The number of amides is 1. The van der Waals surface area contributed by atoms with Gasteiger partial charge in [0.25, 0.3) is 5.91 Å². The number of aromatic nitrogens is 1. The van der Waals surface area contributed by atoms with Crippen molar-refractivity contribution in [2.75, 3.05) is 20.3 Å². The van der Waals surface area contributed by atoms with Crippen LogP contribution < -0.4 is 25.3 Å². The normalized spacial score (nSPS) is 21.0. The van der Waals surface area contributed by atoms with Crippen LogP contribution in [0.1, 0.15) is 47.3 Å². The van der Waals surface area contributed by atoms with Crippen LogP contribution >= 0.6 is 0 Å². The fourth-order valence-electron chi connectivity index (χ4n) is 5.16. The highest BCUT2D eigenvalue weighted by molar-refractivity contribution is 5.95. The molecule has 2 heterocycles. The summed E-state index contributed by atoms with van der Waals surface area (Å²) in [6.45, 7) is -1.39. The van der Waals surface area contributed by atoms with Crippen LogP contribution in [-0.2, 0) is 11.1 Å². The van der Waals surface area contributed by atoms with Gasteiger partial charge in [-0.1, -0.05) is 0 Å². The second-order valence-electron chi connectivity index (χ2n) is 11.2. The van der Waals surface area contributed by atoms with Gasteiger partial charge in [0, 0.05) is 16.7 Å². The number of halogens is 5. The lowest BCUT2D eigenvalue weighted by atomic mass is 9.86. The molecule has 0 spiro atoms. The average Bonchev–Trinajstić information content (AvgIpc) is 3.91. The zero-order chi connectivity index (χ0) is 30.7. The number of hydrogen-bond donors (Lipinski definition) is 3. The largest absolute Gasteiger partial charge is 0.493 e. The van der Waals surface area contributed by atoms with Gasteiger partial charge in [-0.3, -0.25) is 4.79 Å². The number of methoxy groups -OCH3 is 1. The van der Waals surface area contributed by atoms with E-state index in [1.807, 2.05) is 0 Å². The van der Waals surface area contributed by atoms with Crippen LogP contribution in [0.25, 0.3) is 11.3 Å². The quantitative estimate of drug-likeness (QED) is 0.303. The number of hydrogen-bond acceptors (Lipinski definition) is 7. The minimum absolute atomic E-state index is 0.0776. The van der Waals surface area contributed by atoms with Crippen LogP contribution in [0.4, 0.5) is 22.0 Å². The van der Waals surface area contributed by atoms with Crippen LogP contribution in [0.2, 0.25) is 0 Å². The highest BCUT2D eigenvalue weighted by atomic mass is 19.4. The molecule has 1 unspecified atom stereocenters. The van der Waals surface area contributed by atoms with E-state index in [0.717, 1.165) is 37.1 Å². The second-order valence-corrected chi connectivity index (χ2v) is 11.2. The van der Waals surface area contributed by atoms with Gasteiger partial charge in [0.1, 0.15) is 17.9 Å². The lowest BCUT2D eigenvalue weighted by Crippen LogP contribution is -2.52. The van der Waals surface area contributed by atoms with Crippen molar-refractivity contribution in [3.63, 3.8) is 0 Å². The summed E-state index contributed by atoms with van der Waals surface area (Å²) in [6.07, 6.45) is -1.97. The molecule has 2 fully saturated rings. The topological polar surface area (TPSA) is 116 Å². The first-order valence-corrected chi connectivity index (χ1v) is 13.7. The van der Waals surface area contributed by atoms with Crippen LogP contribution in [0.15, 0.2) is 42.5 Å². The Kier molecular flexibility index (Phi) is 7.00. The molecular formula is C30H28F5N3O5. The Bertz CT molecular complexity index is 1590. The van der Waals surface area contributed by atoms with Crippen LogP contribution in [-0.4, -0.2) is 48.5 Å². The number of fused-ring (bicyclic) bond motifs is 1. The molecule has 13 heteroatoms.